The standard InChI is InChI=1S/C14H17Cl2NO3/c1-8(2)9(3)17-12(18)7-20-14(19)13-10(15)5-4-6-11(13)16/h4-6,8-9H,7H2,1-3H3,(H,17,18)/t9-/m1/s1. The Labute approximate surface area is 128 Å². The summed E-state index contributed by atoms with van der Waals surface area (Å²) in [6.07, 6.45) is 0. The molecule has 4 nitrogen and oxygen atoms in total. The smallest absolute Gasteiger partial charge is 0.341 e. The maximum absolute atomic E-state index is 11.8. The predicted octanol–water partition coefficient (Wildman–Crippen LogP) is 3.31. The molecule has 1 aromatic rings. The van der Waals surface area contributed by atoms with Gasteiger partial charge in [-0.05, 0) is 25.0 Å². The Balaban J connectivity index is 2.58. The fraction of sp³-hybridized carbons (Fsp3) is 0.429. The lowest BCUT2D eigenvalue weighted by molar-refractivity contribution is -0.125. The van der Waals surface area contributed by atoms with Gasteiger partial charge in [0.2, 0.25) is 0 Å². The zero-order chi connectivity index (χ0) is 15.3. The molecule has 110 valence electrons. The molecule has 1 atom stereocenters. The van der Waals surface area contributed by atoms with Crippen LogP contribution >= 0.6 is 23.2 Å². The molecule has 0 fully saturated rings. The number of rotatable bonds is 5. The van der Waals surface area contributed by atoms with E-state index in [0.29, 0.717) is 5.92 Å². The second-order valence-corrected chi connectivity index (χ2v) is 5.59. The van der Waals surface area contributed by atoms with Crippen LogP contribution in [0.1, 0.15) is 31.1 Å². The molecular weight excluding hydrogens is 301 g/mol. The van der Waals surface area contributed by atoms with Gasteiger partial charge in [-0.1, -0.05) is 43.1 Å². The van der Waals surface area contributed by atoms with Crippen molar-refractivity contribution in [1.29, 1.82) is 0 Å². The number of esters is 1. The van der Waals surface area contributed by atoms with Crippen LogP contribution in [0.3, 0.4) is 0 Å². The molecule has 0 spiro atoms. The van der Waals surface area contributed by atoms with Crippen LogP contribution in [0.15, 0.2) is 18.2 Å². The van der Waals surface area contributed by atoms with Gasteiger partial charge in [0.05, 0.1) is 15.6 Å². The van der Waals surface area contributed by atoms with Crippen molar-refractivity contribution in [1.82, 2.24) is 5.32 Å². The molecule has 20 heavy (non-hydrogen) atoms. The third-order valence-corrected chi connectivity index (χ3v) is 3.52. The summed E-state index contributed by atoms with van der Waals surface area (Å²) in [4.78, 5) is 23.4. The minimum atomic E-state index is -0.715. The van der Waals surface area contributed by atoms with E-state index in [0.717, 1.165) is 0 Å². The maximum atomic E-state index is 11.8. The lowest BCUT2D eigenvalue weighted by Gasteiger charge is -2.17. The Morgan fingerprint density at radius 2 is 1.75 bits per heavy atom. The van der Waals surface area contributed by atoms with E-state index in [2.05, 4.69) is 5.32 Å². The van der Waals surface area contributed by atoms with Gasteiger partial charge in [0.1, 0.15) is 0 Å². The van der Waals surface area contributed by atoms with Crippen LogP contribution in [0.4, 0.5) is 0 Å². The van der Waals surface area contributed by atoms with Crippen LogP contribution in [0.5, 0.6) is 0 Å². The predicted molar refractivity (Wildman–Crippen MR) is 79.2 cm³/mol. The first-order valence-electron chi connectivity index (χ1n) is 6.23. The molecule has 0 unspecified atom stereocenters. The third kappa shape index (κ3) is 4.69. The molecule has 1 amide bonds. The number of carbonyl (C=O) groups excluding carboxylic acids is 2. The monoisotopic (exact) mass is 317 g/mol. The van der Waals surface area contributed by atoms with Crippen LogP contribution in [0.2, 0.25) is 10.0 Å². The Hall–Kier alpha value is -1.26. The number of hydrogen-bond acceptors (Lipinski definition) is 3. The summed E-state index contributed by atoms with van der Waals surface area (Å²) in [6.45, 7) is 5.49. The normalized spacial score (nSPS) is 12.1. The van der Waals surface area contributed by atoms with E-state index in [4.69, 9.17) is 27.9 Å². The molecule has 6 heteroatoms. The molecule has 0 heterocycles. The third-order valence-electron chi connectivity index (χ3n) is 2.89. The summed E-state index contributed by atoms with van der Waals surface area (Å²) >= 11 is 11.8. The SMILES string of the molecule is CC(C)[C@@H](C)NC(=O)COC(=O)c1c(Cl)cccc1Cl. The second kappa shape index (κ2) is 7.50. The minimum absolute atomic E-state index is 0.00473. The number of benzene rings is 1. The van der Waals surface area contributed by atoms with Gasteiger partial charge >= 0.3 is 5.97 Å². The quantitative estimate of drug-likeness (QED) is 0.848. The molecule has 0 bridgehead atoms. The van der Waals surface area contributed by atoms with Gasteiger partial charge in [-0.15, -0.1) is 0 Å². The Morgan fingerprint density at radius 3 is 2.25 bits per heavy atom. The van der Waals surface area contributed by atoms with E-state index in [1.807, 2.05) is 20.8 Å². The highest BCUT2D eigenvalue weighted by Crippen LogP contribution is 2.24. The van der Waals surface area contributed by atoms with Crippen LogP contribution in [0.25, 0.3) is 0 Å². The Kier molecular flexibility index (Phi) is 6.30. The summed E-state index contributed by atoms with van der Waals surface area (Å²) in [5.74, 6) is -0.775. The molecule has 0 aromatic heterocycles. The number of carbonyl (C=O) groups is 2. The summed E-state index contributed by atoms with van der Waals surface area (Å²) in [7, 11) is 0. The zero-order valence-corrected chi connectivity index (χ0v) is 13.1. The average Bonchev–Trinajstić information content (AvgIpc) is 2.36. The topological polar surface area (TPSA) is 55.4 Å². The summed E-state index contributed by atoms with van der Waals surface area (Å²) in [5.41, 5.74) is 0.0699. The van der Waals surface area contributed by atoms with E-state index < -0.39 is 5.97 Å². The maximum Gasteiger partial charge on any atom is 0.341 e. The van der Waals surface area contributed by atoms with Crippen molar-refractivity contribution in [3.63, 3.8) is 0 Å². The highest BCUT2D eigenvalue weighted by Gasteiger charge is 2.18. The Morgan fingerprint density at radius 1 is 1.20 bits per heavy atom. The molecule has 0 aliphatic rings. The number of hydrogen-bond donors (Lipinski definition) is 1. The highest BCUT2D eigenvalue weighted by atomic mass is 35.5. The molecule has 1 aromatic carbocycles. The van der Waals surface area contributed by atoms with Crippen molar-refractivity contribution in [3.8, 4) is 0 Å². The number of ether oxygens (including phenoxy) is 1. The number of halogens is 2. The van der Waals surface area contributed by atoms with Gasteiger partial charge in [0.15, 0.2) is 6.61 Å². The molecular formula is C14H17Cl2NO3. The first-order chi connectivity index (χ1) is 9.32. The molecule has 0 aliphatic heterocycles. The number of amides is 1. The lowest BCUT2D eigenvalue weighted by atomic mass is 10.1. The minimum Gasteiger partial charge on any atom is -0.452 e. The van der Waals surface area contributed by atoms with E-state index in [-0.39, 0.29) is 34.2 Å². The largest absolute Gasteiger partial charge is 0.452 e. The second-order valence-electron chi connectivity index (χ2n) is 4.77. The average molecular weight is 318 g/mol. The molecule has 0 saturated carbocycles. The fourth-order valence-corrected chi connectivity index (χ4v) is 1.91. The molecule has 0 aliphatic carbocycles. The van der Waals surface area contributed by atoms with E-state index in [9.17, 15) is 9.59 Å². The van der Waals surface area contributed by atoms with Gasteiger partial charge < -0.3 is 10.1 Å². The van der Waals surface area contributed by atoms with Crippen molar-refractivity contribution in [2.45, 2.75) is 26.8 Å². The summed E-state index contributed by atoms with van der Waals surface area (Å²) in [5, 5.41) is 3.12. The van der Waals surface area contributed by atoms with Gasteiger partial charge in [0, 0.05) is 6.04 Å². The molecule has 1 N–H and O–H groups in total. The van der Waals surface area contributed by atoms with E-state index in [1.165, 1.54) is 12.1 Å². The van der Waals surface area contributed by atoms with Gasteiger partial charge in [-0.3, -0.25) is 4.79 Å². The van der Waals surface area contributed by atoms with Crippen LogP contribution < -0.4 is 5.32 Å². The van der Waals surface area contributed by atoms with Gasteiger partial charge in [-0.2, -0.15) is 0 Å². The van der Waals surface area contributed by atoms with E-state index >= 15 is 0 Å². The van der Waals surface area contributed by atoms with Crippen molar-refractivity contribution in [3.05, 3.63) is 33.8 Å². The summed E-state index contributed by atoms with van der Waals surface area (Å²) in [6, 6.07) is 4.69. The van der Waals surface area contributed by atoms with Gasteiger partial charge in [-0.25, -0.2) is 4.79 Å². The van der Waals surface area contributed by atoms with Crippen LogP contribution in [0, 0.1) is 5.92 Å². The molecule has 1 rings (SSSR count). The van der Waals surface area contributed by atoms with Crippen molar-refractivity contribution in [2.24, 2.45) is 5.92 Å². The zero-order valence-electron chi connectivity index (χ0n) is 11.6. The van der Waals surface area contributed by atoms with Crippen molar-refractivity contribution >= 4 is 35.1 Å². The number of nitrogens with one attached hydrogen (secondary N) is 1. The van der Waals surface area contributed by atoms with Crippen LogP contribution in [-0.4, -0.2) is 24.5 Å². The summed E-state index contributed by atoms with van der Waals surface area (Å²) < 4.78 is 4.91. The van der Waals surface area contributed by atoms with E-state index in [1.54, 1.807) is 6.07 Å². The Bertz CT molecular complexity index is 483. The van der Waals surface area contributed by atoms with Gasteiger partial charge in [0.25, 0.3) is 5.91 Å². The van der Waals surface area contributed by atoms with Crippen molar-refractivity contribution < 1.29 is 14.3 Å². The fourth-order valence-electron chi connectivity index (χ4n) is 1.36. The first-order valence-corrected chi connectivity index (χ1v) is 6.99. The lowest BCUT2D eigenvalue weighted by Crippen LogP contribution is -2.38. The van der Waals surface area contributed by atoms with Crippen molar-refractivity contribution in [2.75, 3.05) is 6.61 Å². The van der Waals surface area contributed by atoms with Crippen LogP contribution in [-0.2, 0) is 9.53 Å². The highest BCUT2D eigenvalue weighted by molar-refractivity contribution is 6.39. The molecule has 0 saturated heterocycles. The molecule has 0 radical (unpaired) electrons. The first kappa shape index (κ1) is 16.8.